The van der Waals surface area contributed by atoms with Crippen LogP contribution in [0.4, 0.5) is 0 Å². The minimum Gasteiger partial charge on any atom is -0.212 e. The third-order valence-corrected chi connectivity index (χ3v) is 3.83. The molecule has 0 radical (unpaired) electrons. The van der Waals surface area contributed by atoms with Crippen LogP contribution in [0.3, 0.4) is 0 Å². The van der Waals surface area contributed by atoms with Crippen molar-refractivity contribution < 1.29 is 4.42 Å². The highest BCUT2D eigenvalue weighted by Crippen LogP contribution is 2.26. The molecule has 0 aliphatic rings. The summed E-state index contributed by atoms with van der Waals surface area (Å²) in [6, 6.07) is 27.2. The summed E-state index contributed by atoms with van der Waals surface area (Å²) in [4.78, 5) is 0. The molecule has 1 heterocycles. The van der Waals surface area contributed by atoms with Crippen LogP contribution in [0.25, 0.3) is 21.7 Å². The van der Waals surface area contributed by atoms with Crippen LogP contribution < -0.4 is 0 Å². The van der Waals surface area contributed by atoms with Gasteiger partial charge >= 0.3 is 11.3 Å². The maximum atomic E-state index is 6.07. The molecule has 1 aromatic heterocycles. The second-order valence-corrected chi connectivity index (χ2v) is 5.26. The van der Waals surface area contributed by atoms with Gasteiger partial charge in [0, 0.05) is 12.1 Å². The molecule has 4 aromatic rings. The van der Waals surface area contributed by atoms with Crippen molar-refractivity contribution >= 4 is 21.7 Å². The Morgan fingerprint density at radius 3 is 2.33 bits per heavy atom. The SMILES string of the molecule is c1ccc(Cc2ccc3c(ccc4ccccc43)[o+]2)cc1. The first-order valence-electron chi connectivity index (χ1n) is 7.17. The summed E-state index contributed by atoms with van der Waals surface area (Å²) in [6.07, 6.45) is 0.823. The first-order valence-corrected chi connectivity index (χ1v) is 7.17. The average Bonchev–Trinajstić information content (AvgIpc) is 2.55. The van der Waals surface area contributed by atoms with Crippen LogP contribution in [0, 0.1) is 0 Å². The van der Waals surface area contributed by atoms with Crippen LogP contribution in [0.15, 0.2) is 83.3 Å². The van der Waals surface area contributed by atoms with Gasteiger partial charge in [0.2, 0.25) is 0 Å². The van der Waals surface area contributed by atoms with Crippen LogP contribution in [0.1, 0.15) is 11.3 Å². The Balaban J connectivity index is 1.82. The molecule has 0 saturated heterocycles. The summed E-state index contributed by atoms with van der Waals surface area (Å²) in [5.74, 6) is 0.990. The van der Waals surface area contributed by atoms with Crippen molar-refractivity contribution in [3.8, 4) is 0 Å². The second-order valence-electron chi connectivity index (χ2n) is 5.26. The van der Waals surface area contributed by atoms with Crippen LogP contribution >= 0.6 is 0 Å². The van der Waals surface area contributed by atoms with Crippen molar-refractivity contribution in [3.05, 3.63) is 90.2 Å². The standard InChI is InChI=1S/C20H15O/c1-2-6-15(7-3-1)14-17-11-12-19-18-9-5-4-8-16(18)10-13-20(19)21-17/h1-13H,14H2/q+1. The van der Waals surface area contributed by atoms with Gasteiger partial charge < -0.3 is 0 Å². The molecular weight excluding hydrogens is 256 g/mol. The van der Waals surface area contributed by atoms with Gasteiger partial charge in [-0.3, -0.25) is 0 Å². The summed E-state index contributed by atoms with van der Waals surface area (Å²) >= 11 is 0. The van der Waals surface area contributed by atoms with E-state index in [4.69, 9.17) is 4.42 Å². The van der Waals surface area contributed by atoms with Crippen molar-refractivity contribution in [2.75, 3.05) is 0 Å². The summed E-state index contributed by atoms with van der Waals surface area (Å²) in [6.45, 7) is 0. The molecule has 0 saturated carbocycles. The largest absolute Gasteiger partial charge is 0.360 e. The predicted molar refractivity (Wildman–Crippen MR) is 87.4 cm³/mol. The van der Waals surface area contributed by atoms with Crippen LogP contribution in [0.5, 0.6) is 0 Å². The molecule has 0 spiro atoms. The Morgan fingerprint density at radius 1 is 0.619 bits per heavy atom. The lowest BCUT2D eigenvalue weighted by molar-refractivity contribution is 0.551. The zero-order valence-corrected chi connectivity index (χ0v) is 11.6. The van der Waals surface area contributed by atoms with Crippen LogP contribution in [-0.2, 0) is 6.42 Å². The fraction of sp³-hybridized carbons (Fsp3) is 0.0500. The average molecular weight is 271 g/mol. The Bertz CT molecular complexity index is 910. The molecule has 0 N–H and O–H groups in total. The summed E-state index contributed by atoms with van der Waals surface area (Å²) in [5, 5.41) is 3.66. The van der Waals surface area contributed by atoms with E-state index in [1.54, 1.807) is 0 Å². The van der Waals surface area contributed by atoms with E-state index in [2.05, 4.69) is 72.8 Å². The molecule has 0 atom stereocenters. The lowest BCUT2D eigenvalue weighted by Gasteiger charge is -1.98. The molecule has 0 amide bonds. The zero-order chi connectivity index (χ0) is 14.1. The molecule has 21 heavy (non-hydrogen) atoms. The van der Waals surface area contributed by atoms with E-state index in [9.17, 15) is 0 Å². The molecule has 1 heteroatoms. The van der Waals surface area contributed by atoms with Gasteiger partial charge in [-0.1, -0.05) is 54.6 Å². The third kappa shape index (κ3) is 2.27. The van der Waals surface area contributed by atoms with Gasteiger partial charge in [-0.05, 0) is 28.5 Å². The predicted octanol–water partition coefficient (Wildman–Crippen LogP) is 5.46. The van der Waals surface area contributed by atoms with Gasteiger partial charge in [0.25, 0.3) is 0 Å². The first kappa shape index (κ1) is 12.1. The highest BCUT2D eigenvalue weighted by atomic mass is 16.3. The molecule has 0 bridgehead atoms. The molecule has 0 fully saturated rings. The lowest BCUT2D eigenvalue weighted by atomic mass is 10.0. The van der Waals surface area contributed by atoms with E-state index < -0.39 is 0 Å². The Labute approximate surface area is 123 Å². The number of hydrogen-bond donors (Lipinski definition) is 0. The Kier molecular flexibility index (Phi) is 2.89. The number of benzene rings is 3. The van der Waals surface area contributed by atoms with E-state index in [0.717, 1.165) is 17.8 Å². The molecule has 4 rings (SSSR count). The molecule has 1 nitrogen and oxygen atoms in total. The minimum atomic E-state index is 0.823. The van der Waals surface area contributed by atoms with E-state index >= 15 is 0 Å². The van der Waals surface area contributed by atoms with E-state index in [-0.39, 0.29) is 0 Å². The quantitative estimate of drug-likeness (QED) is 0.348. The second kappa shape index (κ2) is 5.02. The van der Waals surface area contributed by atoms with Crippen molar-refractivity contribution in [1.82, 2.24) is 0 Å². The summed E-state index contributed by atoms with van der Waals surface area (Å²) in [7, 11) is 0. The summed E-state index contributed by atoms with van der Waals surface area (Å²) < 4.78 is 6.07. The fourth-order valence-corrected chi connectivity index (χ4v) is 2.78. The van der Waals surface area contributed by atoms with Gasteiger partial charge in [-0.2, -0.15) is 0 Å². The van der Waals surface area contributed by atoms with Crippen molar-refractivity contribution in [3.63, 3.8) is 0 Å². The normalized spacial score (nSPS) is 11.0. The van der Waals surface area contributed by atoms with E-state index in [1.807, 2.05) is 6.07 Å². The number of fused-ring (bicyclic) bond motifs is 3. The van der Waals surface area contributed by atoms with Crippen molar-refractivity contribution in [2.24, 2.45) is 0 Å². The molecular formula is C20H15O+. The smallest absolute Gasteiger partial charge is 0.212 e. The van der Waals surface area contributed by atoms with Gasteiger partial charge in [0.15, 0.2) is 0 Å². The maximum absolute atomic E-state index is 6.07. The maximum Gasteiger partial charge on any atom is 0.360 e. The van der Waals surface area contributed by atoms with Gasteiger partial charge in [-0.25, -0.2) is 4.42 Å². The Morgan fingerprint density at radius 2 is 1.43 bits per heavy atom. The van der Waals surface area contributed by atoms with Crippen LogP contribution in [-0.4, -0.2) is 0 Å². The van der Waals surface area contributed by atoms with Crippen LogP contribution in [0.2, 0.25) is 0 Å². The topological polar surface area (TPSA) is 11.3 Å². The van der Waals surface area contributed by atoms with Gasteiger partial charge in [0.05, 0.1) is 11.8 Å². The van der Waals surface area contributed by atoms with E-state index in [0.29, 0.717) is 0 Å². The molecule has 0 unspecified atom stereocenters. The monoisotopic (exact) mass is 271 g/mol. The fourth-order valence-electron chi connectivity index (χ4n) is 2.78. The molecule has 100 valence electrons. The Hall–Kier alpha value is -2.67. The minimum absolute atomic E-state index is 0.823. The first-order chi connectivity index (χ1) is 10.4. The third-order valence-electron chi connectivity index (χ3n) is 3.83. The zero-order valence-electron chi connectivity index (χ0n) is 11.6. The highest BCUT2D eigenvalue weighted by molar-refractivity contribution is 6.05. The van der Waals surface area contributed by atoms with Gasteiger partial charge in [0.1, 0.15) is 0 Å². The van der Waals surface area contributed by atoms with Crippen molar-refractivity contribution in [1.29, 1.82) is 0 Å². The van der Waals surface area contributed by atoms with Gasteiger partial charge in [-0.15, -0.1) is 0 Å². The molecule has 0 aliphatic carbocycles. The number of hydrogen-bond acceptors (Lipinski definition) is 0. The highest BCUT2D eigenvalue weighted by Gasteiger charge is 2.14. The molecule has 3 aromatic carbocycles. The summed E-state index contributed by atoms with van der Waals surface area (Å²) in [5.41, 5.74) is 2.21. The van der Waals surface area contributed by atoms with Crippen molar-refractivity contribution in [2.45, 2.75) is 6.42 Å². The lowest BCUT2D eigenvalue weighted by Crippen LogP contribution is -1.88. The van der Waals surface area contributed by atoms with E-state index in [1.165, 1.54) is 21.7 Å². The number of rotatable bonds is 2. The molecule has 0 aliphatic heterocycles.